The van der Waals surface area contributed by atoms with Gasteiger partial charge in [-0.05, 0) is 42.3 Å². The number of aryl methyl sites for hydroxylation is 1. The second kappa shape index (κ2) is 8.38. The summed E-state index contributed by atoms with van der Waals surface area (Å²) in [6, 6.07) is 14.2. The highest BCUT2D eigenvalue weighted by Gasteiger charge is 2.24. The van der Waals surface area contributed by atoms with Crippen LogP contribution in [-0.4, -0.2) is 48.5 Å². The molecule has 0 aromatic heterocycles. The first kappa shape index (κ1) is 19.0. The lowest BCUT2D eigenvalue weighted by molar-refractivity contribution is 0.0747. The molecule has 0 radical (unpaired) electrons. The normalized spacial score (nSPS) is 18.1. The fraction of sp³-hybridized carbons (Fsp3) is 0.381. The zero-order valence-electron chi connectivity index (χ0n) is 15.4. The van der Waals surface area contributed by atoms with E-state index < -0.39 is 0 Å². The molecule has 4 rings (SSSR count). The molecule has 0 bridgehead atoms. The minimum atomic E-state index is 0.135. The van der Waals surface area contributed by atoms with Crippen molar-refractivity contribution in [3.63, 3.8) is 0 Å². The van der Waals surface area contributed by atoms with E-state index in [0.29, 0.717) is 4.58 Å². The van der Waals surface area contributed by atoms with Crippen molar-refractivity contribution < 1.29 is 4.79 Å². The summed E-state index contributed by atoms with van der Waals surface area (Å²) in [6.07, 6.45) is 0. The van der Waals surface area contributed by atoms with Crippen molar-refractivity contribution >= 4 is 46.7 Å². The second-order valence-electron chi connectivity index (χ2n) is 6.91. The summed E-state index contributed by atoms with van der Waals surface area (Å²) in [6.45, 7) is 5.24. The summed E-state index contributed by atoms with van der Waals surface area (Å²) in [5, 5.41) is 0.757. The lowest BCUT2D eigenvalue weighted by atomic mass is 10.1. The van der Waals surface area contributed by atoms with E-state index in [1.807, 2.05) is 52.7 Å². The van der Waals surface area contributed by atoms with Crippen molar-refractivity contribution in [2.45, 2.75) is 11.5 Å². The maximum Gasteiger partial charge on any atom is 0.253 e. The molecule has 0 aliphatic carbocycles. The molecule has 2 aromatic rings. The molecule has 2 saturated heterocycles. The average Bonchev–Trinajstić information content (AvgIpc) is 3.24. The molecule has 0 saturated carbocycles. The van der Waals surface area contributed by atoms with Gasteiger partial charge < -0.3 is 9.80 Å². The first-order valence-corrected chi connectivity index (χ1v) is 11.7. The quantitative estimate of drug-likeness (QED) is 0.692. The van der Waals surface area contributed by atoms with Gasteiger partial charge >= 0.3 is 0 Å². The van der Waals surface area contributed by atoms with Crippen LogP contribution in [0.25, 0.3) is 0 Å². The van der Waals surface area contributed by atoms with Crippen LogP contribution in [0.15, 0.2) is 42.5 Å². The number of benzene rings is 2. The molecule has 2 aliphatic rings. The average molecular weight is 419 g/mol. The number of nitrogens with zero attached hydrogens (tertiary/aromatic N) is 2. The van der Waals surface area contributed by atoms with Crippen molar-refractivity contribution in [2.75, 3.05) is 42.6 Å². The Morgan fingerprint density at radius 1 is 1.00 bits per heavy atom. The lowest BCUT2D eigenvalue weighted by Gasteiger charge is -2.37. The molecule has 6 heteroatoms. The monoisotopic (exact) mass is 418 g/mol. The summed E-state index contributed by atoms with van der Waals surface area (Å²) in [5.74, 6) is 2.56. The van der Waals surface area contributed by atoms with Gasteiger partial charge in [-0.15, -0.1) is 23.5 Å². The van der Waals surface area contributed by atoms with Gasteiger partial charge in [0.2, 0.25) is 0 Å². The number of anilines is 1. The topological polar surface area (TPSA) is 23.6 Å². The standard InChI is InChI=1S/C21H23ClN2OS2/c1-15-2-7-18(22)14-19(15)23-8-10-24(11-9-23)20(25)16-3-5-17(6-4-16)21-26-12-13-27-21/h2-7,14,21H,8-13H2,1H3. The number of amides is 1. The smallest absolute Gasteiger partial charge is 0.253 e. The highest BCUT2D eigenvalue weighted by Crippen LogP contribution is 2.45. The van der Waals surface area contributed by atoms with Gasteiger partial charge in [0.15, 0.2) is 0 Å². The van der Waals surface area contributed by atoms with E-state index in [-0.39, 0.29) is 5.91 Å². The van der Waals surface area contributed by atoms with Crippen LogP contribution in [0, 0.1) is 6.92 Å². The second-order valence-corrected chi connectivity index (χ2v) is 10.1. The van der Waals surface area contributed by atoms with Crippen molar-refractivity contribution in [1.82, 2.24) is 4.90 Å². The molecule has 27 heavy (non-hydrogen) atoms. The summed E-state index contributed by atoms with van der Waals surface area (Å²) in [5.41, 5.74) is 4.50. The zero-order chi connectivity index (χ0) is 18.8. The van der Waals surface area contributed by atoms with Gasteiger partial charge in [0, 0.05) is 54.0 Å². The summed E-state index contributed by atoms with van der Waals surface area (Å²) in [4.78, 5) is 17.2. The Kier molecular flexibility index (Phi) is 5.90. The number of carbonyl (C=O) groups excluding carboxylic acids is 1. The number of halogens is 1. The third-order valence-corrected chi connectivity index (χ3v) is 8.47. The Morgan fingerprint density at radius 2 is 1.67 bits per heavy atom. The van der Waals surface area contributed by atoms with E-state index in [1.165, 1.54) is 28.3 Å². The molecule has 0 N–H and O–H groups in total. The highest BCUT2D eigenvalue weighted by molar-refractivity contribution is 8.19. The molecule has 2 aliphatic heterocycles. The summed E-state index contributed by atoms with van der Waals surface area (Å²) < 4.78 is 0.527. The Morgan fingerprint density at radius 3 is 2.33 bits per heavy atom. The number of hydrogen-bond donors (Lipinski definition) is 0. The van der Waals surface area contributed by atoms with E-state index in [1.54, 1.807) is 0 Å². The van der Waals surface area contributed by atoms with E-state index in [9.17, 15) is 4.79 Å². The Balaban J connectivity index is 1.39. The Bertz CT molecular complexity index is 813. The molecule has 0 atom stereocenters. The number of rotatable bonds is 3. The maximum absolute atomic E-state index is 12.9. The van der Waals surface area contributed by atoms with Crippen molar-refractivity contribution in [1.29, 1.82) is 0 Å². The van der Waals surface area contributed by atoms with Gasteiger partial charge in [0.05, 0.1) is 4.58 Å². The van der Waals surface area contributed by atoms with E-state index >= 15 is 0 Å². The van der Waals surface area contributed by atoms with E-state index in [4.69, 9.17) is 11.6 Å². The summed E-state index contributed by atoms with van der Waals surface area (Å²) in [7, 11) is 0. The van der Waals surface area contributed by atoms with Gasteiger partial charge in [0.1, 0.15) is 0 Å². The predicted octanol–water partition coefficient (Wildman–Crippen LogP) is 5.09. The molecule has 3 nitrogen and oxygen atoms in total. The maximum atomic E-state index is 12.9. The van der Waals surface area contributed by atoms with Gasteiger partial charge in [0.25, 0.3) is 5.91 Å². The van der Waals surface area contributed by atoms with E-state index in [2.05, 4.69) is 30.0 Å². The number of piperazine rings is 1. The lowest BCUT2D eigenvalue weighted by Crippen LogP contribution is -2.49. The van der Waals surface area contributed by atoms with Crippen molar-refractivity contribution in [2.24, 2.45) is 0 Å². The molecule has 2 aromatic carbocycles. The van der Waals surface area contributed by atoms with Crippen LogP contribution in [0.3, 0.4) is 0 Å². The fourth-order valence-electron chi connectivity index (χ4n) is 3.59. The highest BCUT2D eigenvalue weighted by atomic mass is 35.5. The first-order valence-electron chi connectivity index (χ1n) is 9.25. The number of carbonyl (C=O) groups is 1. The number of thioether (sulfide) groups is 2. The SMILES string of the molecule is Cc1ccc(Cl)cc1N1CCN(C(=O)c2ccc(C3SCCS3)cc2)CC1. The first-order chi connectivity index (χ1) is 13.1. The minimum absolute atomic E-state index is 0.135. The van der Waals surface area contributed by atoms with Gasteiger partial charge in [-0.1, -0.05) is 29.8 Å². The van der Waals surface area contributed by atoms with E-state index in [0.717, 1.165) is 36.8 Å². The molecule has 2 fully saturated rings. The van der Waals surface area contributed by atoms with Crippen LogP contribution in [0.4, 0.5) is 5.69 Å². The van der Waals surface area contributed by atoms with Crippen molar-refractivity contribution in [3.8, 4) is 0 Å². The van der Waals surface area contributed by atoms with Crippen molar-refractivity contribution in [3.05, 3.63) is 64.2 Å². The number of hydrogen-bond acceptors (Lipinski definition) is 4. The molecule has 142 valence electrons. The van der Waals surface area contributed by atoms with Crippen LogP contribution in [0.2, 0.25) is 5.02 Å². The van der Waals surface area contributed by atoms with Gasteiger partial charge in [-0.2, -0.15) is 0 Å². The third-order valence-electron chi connectivity index (χ3n) is 5.13. The fourth-order valence-corrected chi connectivity index (χ4v) is 6.62. The molecular weight excluding hydrogens is 396 g/mol. The van der Waals surface area contributed by atoms with Gasteiger partial charge in [-0.3, -0.25) is 4.79 Å². The Labute approximate surface area is 174 Å². The van der Waals surface area contributed by atoms with Crippen LogP contribution < -0.4 is 4.90 Å². The van der Waals surface area contributed by atoms with Crippen LogP contribution in [0.5, 0.6) is 0 Å². The summed E-state index contributed by atoms with van der Waals surface area (Å²) >= 11 is 10.1. The largest absolute Gasteiger partial charge is 0.368 e. The third kappa shape index (κ3) is 4.25. The van der Waals surface area contributed by atoms with Gasteiger partial charge in [-0.25, -0.2) is 0 Å². The Hall–Kier alpha value is -1.30. The molecule has 2 heterocycles. The van der Waals surface area contributed by atoms with Crippen LogP contribution >= 0.6 is 35.1 Å². The molecule has 0 unspecified atom stereocenters. The minimum Gasteiger partial charge on any atom is -0.368 e. The van der Waals surface area contributed by atoms with Crippen LogP contribution in [-0.2, 0) is 0 Å². The molecule has 1 amide bonds. The zero-order valence-corrected chi connectivity index (χ0v) is 17.7. The predicted molar refractivity (Wildman–Crippen MR) is 118 cm³/mol. The van der Waals surface area contributed by atoms with Crippen LogP contribution in [0.1, 0.15) is 26.1 Å². The molecular formula is C21H23ClN2OS2. The molecule has 0 spiro atoms.